The summed E-state index contributed by atoms with van der Waals surface area (Å²) in [5, 5.41) is 0. The Bertz CT molecular complexity index is 1740. The van der Waals surface area contributed by atoms with Gasteiger partial charge in [-0.05, 0) is 66.6 Å². The van der Waals surface area contributed by atoms with Gasteiger partial charge in [0.1, 0.15) is 17.9 Å². The van der Waals surface area contributed by atoms with Crippen LogP contribution in [0.4, 0.5) is 24.7 Å². The van der Waals surface area contributed by atoms with Crippen molar-refractivity contribution in [2.75, 3.05) is 57.2 Å². The van der Waals surface area contributed by atoms with Crippen LogP contribution in [0, 0.1) is 6.92 Å². The third kappa shape index (κ3) is 8.53. The number of hydrogen-bond acceptors (Lipinski definition) is 7. The quantitative estimate of drug-likeness (QED) is 0.202. The largest absolute Gasteiger partial charge is 0.497 e. The number of ether oxygens (including phenoxy) is 1. The number of Topliss-reactive ketones (excluding diaryl/α,β-unsaturated/α-hetero) is 1. The average Bonchev–Trinajstić information content (AvgIpc) is 3.04. The third-order valence-electron chi connectivity index (χ3n) is 8.46. The van der Waals surface area contributed by atoms with E-state index in [9.17, 15) is 22.8 Å². The lowest BCUT2D eigenvalue weighted by atomic mass is 9.97. The molecule has 1 amide bonds. The fourth-order valence-corrected chi connectivity index (χ4v) is 5.62. The van der Waals surface area contributed by atoms with Crippen LogP contribution in [0.3, 0.4) is 0 Å². The van der Waals surface area contributed by atoms with Gasteiger partial charge in [-0.2, -0.15) is 13.2 Å². The number of rotatable bonds is 10. The lowest BCUT2D eigenvalue weighted by Crippen LogP contribution is -2.44. The molecule has 47 heavy (non-hydrogen) atoms. The molecule has 0 radical (unpaired) electrons. The highest BCUT2D eigenvalue weighted by atomic mass is 19.4. The molecule has 0 unspecified atom stereocenters. The number of halogens is 3. The molecule has 0 atom stereocenters. The van der Waals surface area contributed by atoms with Crippen molar-refractivity contribution in [3.05, 3.63) is 112 Å². The molecular weight excluding hydrogens is 607 g/mol. The van der Waals surface area contributed by atoms with Gasteiger partial charge in [-0.1, -0.05) is 30.3 Å². The van der Waals surface area contributed by atoms with Crippen LogP contribution in [0.5, 0.6) is 5.75 Å². The molecule has 1 aromatic heterocycles. The molecule has 11 heteroatoms. The smallest absolute Gasteiger partial charge is 0.416 e. The Kier molecular flexibility index (Phi) is 10.2. The lowest BCUT2D eigenvalue weighted by Gasteiger charge is -2.34. The van der Waals surface area contributed by atoms with Gasteiger partial charge in [-0.15, -0.1) is 0 Å². The Morgan fingerprint density at radius 3 is 2.21 bits per heavy atom. The van der Waals surface area contributed by atoms with Gasteiger partial charge in [0, 0.05) is 63.4 Å². The summed E-state index contributed by atoms with van der Waals surface area (Å²) in [5.74, 6) is 0.168. The maximum atomic E-state index is 13.4. The van der Waals surface area contributed by atoms with Crippen molar-refractivity contribution in [2.45, 2.75) is 32.4 Å². The number of carbonyl (C=O) groups is 2. The Balaban J connectivity index is 1.24. The standard InChI is InChI=1S/C36H38F3N5O3/c1-24-5-8-28(21-32(24)36(37,38)39)33(45)19-26-15-27(18-31(17-26)47-4)20-35(46)43(3)34-22-29(40-23-41-34)16-25-6-9-30(10-7-25)44-13-11-42(2)12-14-44/h5-10,15,17-18,21-23H,11-14,16,19-20H2,1-4H3. The Morgan fingerprint density at radius 2 is 1.55 bits per heavy atom. The molecule has 0 N–H and O–H groups in total. The van der Waals surface area contributed by atoms with Crippen LogP contribution in [0.15, 0.2) is 73.1 Å². The van der Waals surface area contributed by atoms with Crippen LogP contribution < -0.4 is 14.5 Å². The van der Waals surface area contributed by atoms with E-state index in [1.807, 2.05) is 0 Å². The Labute approximate surface area is 272 Å². The minimum absolute atomic E-state index is 0.00919. The molecular formula is C36H38F3N5O3. The van der Waals surface area contributed by atoms with Gasteiger partial charge in [0.05, 0.1) is 24.8 Å². The molecule has 1 fully saturated rings. The van der Waals surface area contributed by atoms with Crippen LogP contribution >= 0.6 is 0 Å². The number of aryl methyl sites for hydroxylation is 1. The van der Waals surface area contributed by atoms with E-state index in [2.05, 4.69) is 51.1 Å². The van der Waals surface area contributed by atoms with Crippen molar-refractivity contribution in [3.63, 3.8) is 0 Å². The summed E-state index contributed by atoms with van der Waals surface area (Å²) >= 11 is 0. The predicted molar refractivity (Wildman–Crippen MR) is 175 cm³/mol. The number of nitrogens with zero attached hydrogens (tertiary/aromatic N) is 5. The number of hydrogen-bond donors (Lipinski definition) is 0. The number of methoxy groups -OCH3 is 1. The first-order valence-corrected chi connectivity index (χ1v) is 15.4. The molecule has 3 aromatic carbocycles. The van der Waals surface area contributed by atoms with Crippen molar-refractivity contribution >= 4 is 23.2 Å². The third-order valence-corrected chi connectivity index (χ3v) is 8.46. The first-order valence-electron chi connectivity index (χ1n) is 15.4. The molecule has 246 valence electrons. The highest BCUT2D eigenvalue weighted by molar-refractivity contribution is 5.98. The van der Waals surface area contributed by atoms with Gasteiger partial charge >= 0.3 is 6.18 Å². The summed E-state index contributed by atoms with van der Waals surface area (Å²) < 4.78 is 45.6. The summed E-state index contributed by atoms with van der Waals surface area (Å²) in [5.41, 5.74) is 3.37. The van der Waals surface area contributed by atoms with Crippen molar-refractivity contribution in [1.82, 2.24) is 14.9 Å². The predicted octanol–water partition coefficient (Wildman–Crippen LogP) is 5.79. The molecule has 0 saturated carbocycles. The van der Waals surface area contributed by atoms with Crippen LogP contribution in [-0.4, -0.2) is 73.9 Å². The van der Waals surface area contributed by atoms with Crippen molar-refractivity contribution in [3.8, 4) is 5.75 Å². The minimum atomic E-state index is -4.56. The average molecular weight is 646 g/mol. The number of aromatic nitrogens is 2. The van der Waals surface area contributed by atoms with Crippen molar-refractivity contribution < 1.29 is 27.5 Å². The maximum Gasteiger partial charge on any atom is 0.416 e. The fraction of sp³-hybridized carbons (Fsp3) is 0.333. The second kappa shape index (κ2) is 14.3. The SMILES string of the molecule is COc1cc(CC(=O)c2ccc(C)c(C(F)(F)F)c2)cc(CC(=O)N(C)c2cc(Cc3ccc(N4CCN(C)CC4)cc3)ncn2)c1. The van der Waals surface area contributed by atoms with Crippen molar-refractivity contribution in [2.24, 2.45) is 0 Å². The number of anilines is 2. The topological polar surface area (TPSA) is 78.9 Å². The van der Waals surface area contributed by atoms with E-state index < -0.39 is 17.5 Å². The molecule has 8 nitrogen and oxygen atoms in total. The normalized spacial score (nSPS) is 13.8. The summed E-state index contributed by atoms with van der Waals surface area (Å²) in [6.45, 7) is 5.44. The van der Waals surface area contributed by atoms with Gasteiger partial charge in [-0.25, -0.2) is 9.97 Å². The number of piperazine rings is 1. The van der Waals surface area contributed by atoms with Gasteiger partial charge in [0.15, 0.2) is 5.78 Å². The number of carbonyl (C=O) groups excluding carboxylic acids is 2. The zero-order chi connectivity index (χ0) is 33.7. The van der Waals surface area contributed by atoms with Crippen LogP contribution in [-0.2, 0) is 30.2 Å². The zero-order valence-corrected chi connectivity index (χ0v) is 27.0. The summed E-state index contributed by atoms with van der Waals surface area (Å²) in [6, 6.07) is 18.9. The second-order valence-corrected chi connectivity index (χ2v) is 11.9. The van der Waals surface area contributed by atoms with E-state index in [0.29, 0.717) is 29.1 Å². The van der Waals surface area contributed by atoms with Gasteiger partial charge < -0.3 is 14.5 Å². The highest BCUT2D eigenvalue weighted by Crippen LogP contribution is 2.33. The molecule has 0 bridgehead atoms. The number of ketones is 1. The van der Waals surface area contributed by atoms with Crippen LogP contribution in [0.1, 0.15) is 43.9 Å². The highest BCUT2D eigenvalue weighted by Gasteiger charge is 2.33. The molecule has 0 spiro atoms. The van der Waals surface area contributed by atoms with E-state index in [1.54, 1.807) is 31.3 Å². The summed E-state index contributed by atoms with van der Waals surface area (Å²) in [6.07, 6.45) is -2.70. The Hall–Kier alpha value is -4.77. The molecule has 1 saturated heterocycles. The van der Waals surface area contributed by atoms with Gasteiger partial charge in [-0.3, -0.25) is 14.5 Å². The number of amides is 1. The maximum absolute atomic E-state index is 13.4. The lowest BCUT2D eigenvalue weighted by molar-refractivity contribution is -0.138. The summed E-state index contributed by atoms with van der Waals surface area (Å²) in [7, 11) is 5.24. The van der Waals surface area contributed by atoms with E-state index in [4.69, 9.17) is 4.74 Å². The monoisotopic (exact) mass is 645 g/mol. The molecule has 0 aliphatic carbocycles. The number of alkyl halides is 3. The molecule has 2 heterocycles. The summed E-state index contributed by atoms with van der Waals surface area (Å²) in [4.78, 5) is 41.2. The van der Waals surface area contributed by atoms with E-state index in [-0.39, 0.29) is 29.9 Å². The fourth-order valence-electron chi connectivity index (χ4n) is 5.62. The second-order valence-electron chi connectivity index (χ2n) is 11.9. The Morgan fingerprint density at radius 1 is 0.872 bits per heavy atom. The van der Waals surface area contributed by atoms with E-state index in [1.165, 1.54) is 43.1 Å². The molecule has 5 rings (SSSR count). The molecule has 1 aliphatic heterocycles. The first kappa shape index (κ1) is 33.6. The zero-order valence-electron chi connectivity index (χ0n) is 27.0. The molecule has 1 aliphatic rings. The van der Waals surface area contributed by atoms with Gasteiger partial charge in [0.2, 0.25) is 5.91 Å². The molecule has 4 aromatic rings. The van der Waals surface area contributed by atoms with Crippen LogP contribution in [0.25, 0.3) is 0 Å². The number of likely N-dealkylation sites (N-methyl/N-ethyl adjacent to an activating group) is 2. The first-order chi connectivity index (χ1) is 22.4. The van der Waals surface area contributed by atoms with E-state index in [0.717, 1.165) is 43.5 Å². The minimum Gasteiger partial charge on any atom is -0.497 e. The van der Waals surface area contributed by atoms with Crippen molar-refractivity contribution in [1.29, 1.82) is 0 Å². The van der Waals surface area contributed by atoms with E-state index >= 15 is 0 Å². The van der Waals surface area contributed by atoms with Gasteiger partial charge in [0.25, 0.3) is 0 Å². The van der Waals surface area contributed by atoms with Crippen LogP contribution in [0.2, 0.25) is 0 Å². The number of benzene rings is 3.